The second kappa shape index (κ2) is 7.04. The zero-order valence-corrected chi connectivity index (χ0v) is 12.4. The van der Waals surface area contributed by atoms with Crippen LogP contribution in [0, 0.1) is 5.82 Å². The van der Waals surface area contributed by atoms with Gasteiger partial charge in [-0.3, -0.25) is 0 Å². The summed E-state index contributed by atoms with van der Waals surface area (Å²) in [5, 5.41) is 7.99. The molecule has 1 N–H and O–H groups in total. The molecule has 2 aromatic rings. The molecule has 0 spiro atoms. The molecule has 0 aliphatic heterocycles. The molecule has 0 amide bonds. The van der Waals surface area contributed by atoms with Crippen molar-refractivity contribution >= 4 is 22.9 Å². The van der Waals surface area contributed by atoms with Gasteiger partial charge in [-0.15, -0.1) is 0 Å². The Morgan fingerprint density at radius 1 is 1.37 bits per heavy atom. The van der Waals surface area contributed by atoms with Crippen LogP contribution in [0.15, 0.2) is 35.0 Å². The molecule has 0 saturated heterocycles. The second-order valence-corrected chi connectivity index (χ2v) is 5.72. The largest absolute Gasteiger partial charge is 0.310 e. The SMILES string of the molecule is CCCNC(Cc1ccsc1)c1ccc(Cl)cc1F. The van der Waals surface area contributed by atoms with Crippen molar-refractivity contribution in [1.82, 2.24) is 5.32 Å². The van der Waals surface area contributed by atoms with Crippen molar-refractivity contribution in [3.8, 4) is 0 Å². The second-order valence-electron chi connectivity index (χ2n) is 4.51. The van der Waals surface area contributed by atoms with E-state index in [4.69, 9.17) is 11.6 Å². The molecule has 1 heterocycles. The third-order valence-electron chi connectivity index (χ3n) is 3.00. The van der Waals surface area contributed by atoms with Crippen LogP contribution in [0.4, 0.5) is 4.39 Å². The van der Waals surface area contributed by atoms with E-state index >= 15 is 0 Å². The van der Waals surface area contributed by atoms with Gasteiger partial charge in [-0.25, -0.2) is 4.39 Å². The van der Waals surface area contributed by atoms with Crippen LogP contribution in [-0.4, -0.2) is 6.54 Å². The fraction of sp³-hybridized carbons (Fsp3) is 0.333. The van der Waals surface area contributed by atoms with E-state index in [2.05, 4.69) is 23.7 Å². The molecule has 0 aliphatic rings. The maximum absolute atomic E-state index is 14.0. The molecule has 1 unspecified atom stereocenters. The highest BCUT2D eigenvalue weighted by Gasteiger charge is 2.16. The van der Waals surface area contributed by atoms with E-state index in [0.29, 0.717) is 10.6 Å². The molecule has 19 heavy (non-hydrogen) atoms. The Balaban J connectivity index is 2.20. The van der Waals surface area contributed by atoms with E-state index in [1.165, 1.54) is 11.6 Å². The van der Waals surface area contributed by atoms with Crippen LogP contribution in [-0.2, 0) is 6.42 Å². The van der Waals surface area contributed by atoms with Crippen molar-refractivity contribution in [2.75, 3.05) is 6.54 Å². The lowest BCUT2D eigenvalue weighted by Crippen LogP contribution is -2.24. The van der Waals surface area contributed by atoms with Crippen molar-refractivity contribution in [2.45, 2.75) is 25.8 Å². The van der Waals surface area contributed by atoms with Gasteiger partial charge in [0.2, 0.25) is 0 Å². The maximum Gasteiger partial charge on any atom is 0.129 e. The van der Waals surface area contributed by atoms with Gasteiger partial charge in [0, 0.05) is 16.6 Å². The molecule has 1 aromatic heterocycles. The molecule has 102 valence electrons. The summed E-state index contributed by atoms with van der Waals surface area (Å²) in [6.45, 7) is 2.98. The topological polar surface area (TPSA) is 12.0 Å². The van der Waals surface area contributed by atoms with E-state index in [1.54, 1.807) is 23.5 Å². The molecule has 1 nitrogen and oxygen atoms in total. The van der Waals surface area contributed by atoms with Crippen molar-refractivity contribution in [3.63, 3.8) is 0 Å². The number of thiophene rings is 1. The van der Waals surface area contributed by atoms with Gasteiger partial charge < -0.3 is 5.32 Å². The highest BCUT2D eigenvalue weighted by atomic mass is 35.5. The maximum atomic E-state index is 14.0. The van der Waals surface area contributed by atoms with E-state index in [9.17, 15) is 4.39 Å². The van der Waals surface area contributed by atoms with Crippen molar-refractivity contribution in [3.05, 3.63) is 57.0 Å². The quantitative estimate of drug-likeness (QED) is 0.806. The summed E-state index contributed by atoms with van der Waals surface area (Å²) in [4.78, 5) is 0. The van der Waals surface area contributed by atoms with Gasteiger partial charge in [0.15, 0.2) is 0 Å². The number of rotatable bonds is 6. The van der Waals surface area contributed by atoms with Gasteiger partial charge >= 0.3 is 0 Å². The minimum Gasteiger partial charge on any atom is -0.310 e. The normalized spacial score (nSPS) is 12.6. The summed E-state index contributed by atoms with van der Waals surface area (Å²) in [7, 11) is 0. The lowest BCUT2D eigenvalue weighted by atomic mass is 10.00. The molecular weight excluding hydrogens is 281 g/mol. The first-order valence-corrected chi connectivity index (χ1v) is 7.72. The standard InChI is InChI=1S/C15H17ClFNS/c1-2-6-18-15(8-11-5-7-19-10-11)13-4-3-12(16)9-14(13)17/h3-5,7,9-10,15,18H,2,6,8H2,1H3. The third-order valence-corrected chi connectivity index (χ3v) is 3.97. The zero-order chi connectivity index (χ0) is 13.7. The molecular formula is C15H17ClFNS. The molecule has 0 fully saturated rings. The summed E-state index contributed by atoms with van der Waals surface area (Å²) < 4.78 is 14.0. The number of benzene rings is 1. The Labute approximate surface area is 122 Å². The average molecular weight is 298 g/mol. The molecule has 0 radical (unpaired) electrons. The predicted molar refractivity (Wildman–Crippen MR) is 80.5 cm³/mol. The van der Waals surface area contributed by atoms with Crippen LogP contribution in [0.5, 0.6) is 0 Å². The minimum absolute atomic E-state index is 0.00758. The number of halogens is 2. The number of hydrogen-bond acceptors (Lipinski definition) is 2. The van der Waals surface area contributed by atoms with E-state index < -0.39 is 0 Å². The van der Waals surface area contributed by atoms with Crippen LogP contribution in [0.25, 0.3) is 0 Å². The van der Waals surface area contributed by atoms with Gasteiger partial charge in [-0.1, -0.05) is 24.6 Å². The minimum atomic E-state index is -0.240. The van der Waals surface area contributed by atoms with Gasteiger partial charge in [0.05, 0.1) is 0 Å². The fourth-order valence-electron chi connectivity index (χ4n) is 2.04. The van der Waals surface area contributed by atoms with Gasteiger partial charge in [-0.05, 0) is 53.9 Å². The van der Waals surface area contributed by atoms with Gasteiger partial charge in [0.25, 0.3) is 0 Å². The number of hydrogen-bond donors (Lipinski definition) is 1. The number of nitrogens with one attached hydrogen (secondary N) is 1. The van der Waals surface area contributed by atoms with Crippen molar-refractivity contribution < 1.29 is 4.39 Å². The van der Waals surface area contributed by atoms with Crippen molar-refractivity contribution in [1.29, 1.82) is 0 Å². The molecule has 4 heteroatoms. The average Bonchev–Trinajstić information content (AvgIpc) is 2.88. The predicted octanol–water partition coefficient (Wildman–Crippen LogP) is 4.82. The Morgan fingerprint density at radius 2 is 2.21 bits per heavy atom. The zero-order valence-electron chi connectivity index (χ0n) is 10.8. The van der Waals surface area contributed by atoms with Crippen LogP contribution >= 0.6 is 22.9 Å². The molecule has 1 atom stereocenters. The lowest BCUT2D eigenvalue weighted by molar-refractivity contribution is 0.497. The Bertz CT molecular complexity index is 513. The molecule has 1 aromatic carbocycles. The van der Waals surface area contributed by atoms with Crippen LogP contribution in [0.2, 0.25) is 5.02 Å². The summed E-state index contributed by atoms with van der Waals surface area (Å²) in [6.07, 6.45) is 1.82. The molecule has 0 saturated carbocycles. The smallest absolute Gasteiger partial charge is 0.129 e. The fourth-order valence-corrected chi connectivity index (χ4v) is 2.88. The van der Waals surface area contributed by atoms with Crippen LogP contribution in [0.3, 0.4) is 0 Å². The van der Waals surface area contributed by atoms with Crippen LogP contribution in [0.1, 0.15) is 30.5 Å². The van der Waals surface area contributed by atoms with Gasteiger partial charge in [0.1, 0.15) is 5.82 Å². The molecule has 0 bridgehead atoms. The van der Waals surface area contributed by atoms with Gasteiger partial charge in [-0.2, -0.15) is 11.3 Å². The first-order valence-electron chi connectivity index (χ1n) is 6.40. The highest BCUT2D eigenvalue weighted by molar-refractivity contribution is 7.07. The van der Waals surface area contributed by atoms with E-state index in [1.807, 2.05) is 5.38 Å². The molecule has 2 rings (SSSR count). The van der Waals surface area contributed by atoms with E-state index in [-0.39, 0.29) is 11.9 Å². The Morgan fingerprint density at radius 3 is 2.84 bits per heavy atom. The monoisotopic (exact) mass is 297 g/mol. The van der Waals surface area contributed by atoms with Crippen LogP contribution < -0.4 is 5.32 Å². The highest BCUT2D eigenvalue weighted by Crippen LogP contribution is 2.24. The summed E-state index contributed by atoms with van der Waals surface area (Å²) in [5.74, 6) is -0.240. The lowest BCUT2D eigenvalue weighted by Gasteiger charge is -2.19. The summed E-state index contributed by atoms with van der Waals surface area (Å²) in [6, 6.07) is 6.97. The first kappa shape index (κ1) is 14.5. The summed E-state index contributed by atoms with van der Waals surface area (Å²) in [5.41, 5.74) is 1.91. The Hall–Kier alpha value is -0.900. The third kappa shape index (κ3) is 4.03. The molecule has 0 aliphatic carbocycles. The first-order chi connectivity index (χ1) is 9.20. The van der Waals surface area contributed by atoms with Crippen molar-refractivity contribution in [2.24, 2.45) is 0 Å². The Kier molecular flexibility index (Phi) is 5.37. The van der Waals surface area contributed by atoms with E-state index in [0.717, 1.165) is 19.4 Å². The summed E-state index contributed by atoms with van der Waals surface area (Å²) >= 11 is 7.47.